The Labute approximate surface area is 117 Å². The van der Waals surface area contributed by atoms with E-state index in [9.17, 15) is 31.4 Å². The summed E-state index contributed by atoms with van der Waals surface area (Å²) in [6.07, 6.45) is 0. The van der Waals surface area contributed by atoms with Crippen molar-refractivity contribution in [2.24, 2.45) is 0 Å². The van der Waals surface area contributed by atoms with Gasteiger partial charge in [-0.15, -0.1) is 0 Å². The smallest absolute Gasteiger partial charge is 0.210 e. The lowest BCUT2D eigenvalue weighted by atomic mass is 10.0. The lowest BCUT2D eigenvalue weighted by Gasteiger charge is -2.10. The molecule has 0 aliphatic carbocycles. The standard InChI is InChI=1S/C14H4F6O2/c15-7-3-1-5-6(13(21)12(20)14(22)9(5)17)2-4(3)8(16)11(19)10(7)18/h1-2,21-22H. The Morgan fingerprint density at radius 2 is 0.864 bits per heavy atom. The van der Waals surface area contributed by atoms with Crippen LogP contribution in [0.1, 0.15) is 0 Å². The van der Waals surface area contributed by atoms with Crippen LogP contribution in [0.5, 0.6) is 11.5 Å². The number of hydrogen-bond donors (Lipinski definition) is 2. The predicted molar refractivity (Wildman–Crippen MR) is 64.5 cm³/mol. The molecular formula is C14H4F6O2. The van der Waals surface area contributed by atoms with E-state index in [0.29, 0.717) is 12.1 Å². The lowest BCUT2D eigenvalue weighted by molar-refractivity contribution is 0.372. The maximum absolute atomic E-state index is 13.8. The molecule has 0 aliphatic heterocycles. The summed E-state index contributed by atoms with van der Waals surface area (Å²) in [4.78, 5) is 0. The van der Waals surface area contributed by atoms with Gasteiger partial charge in [0.2, 0.25) is 5.82 Å². The summed E-state index contributed by atoms with van der Waals surface area (Å²) in [5, 5.41) is 15.7. The van der Waals surface area contributed by atoms with Gasteiger partial charge in [0.1, 0.15) is 0 Å². The van der Waals surface area contributed by atoms with Crippen LogP contribution < -0.4 is 0 Å². The predicted octanol–water partition coefficient (Wildman–Crippen LogP) is 4.24. The van der Waals surface area contributed by atoms with Crippen molar-refractivity contribution in [2.75, 3.05) is 0 Å². The zero-order valence-electron chi connectivity index (χ0n) is 10.3. The van der Waals surface area contributed by atoms with E-state index < -0.39 is 67.9 Å². The summed E-state index contributed by atoms with van der Waals surface area (Å²) in [7, 11) is 0. The second kappa shape index (κ2) is 4.43. The summed E-state index contributed by atoms with van der Waals surface area (Å²) in [5.74, 6) is -13.8. The molecule has 0 atom stereocenters. The molecule has 3 aromatic carbocycles. The van der Waals surface area contributed by atoms with Crippen LogP contribution in [0, 0.1) is 34.9 Å². The minimum atomic E-state index is -2.10. The fourth-order valence-electron chi connectivity index (χ4n) is 2.22. The van der Waals surface area contributed by atoms with Gasteiger partial charge in [-0.05, 0) is 12.1 Å². The fraction of sp³-hybridized carbons (Fsp3) is 0. The van der Waals surface area contributed by atoms with Gasteiger partial charge in [0.15, 0.2) is 40.6 Å². The summed E-state index contributed by atoms with van der Waals surface area (Å²) in [6.45, 7) is 0. The lowest BCUT2D eigenvalue weighted by Crippen LogP contribution is -1.99. The zero-order chi connectivity index (χ0) is 16.3. The molecule has 2 N–H and O–H groups in total. The van der Waals surface area contributed by atoms with Crippen LogP contribution in [0.4, 0.5) is 26.3 Å². The molecule has 3 rings (SSSR count). The Balaban J connectivity index is 2.64. The Morgan fingerprint density at radius 3 is 1.36 bits per heavy atom. The highest BCUT2D eigenvalue weighted by atomic mass is 19.2. The van der Waals surface area contributed by atoms with Crippen LogP contribution in [0.15, 0.2) is 12.1 Å². The number of fused-ring (bicyclic) bond motifs is 2. The Kier molecular flexibility index (Phi) is 2.88. The van der Waals surface area contributed by atoms with Crippen molar-refractivity contribution in [3.8, 4) is 11.5 Å². The average molecular weight is 318 g/mol. The van der Waals surface area contributed by atoms with E-state index in [1.54, 1.807) is 0 Å². The molecule has 0 heterocycles. The second-order valence-corrected chi connectivity index (χ2v) is 4.52. The normalized spacial score (nSPS) is 11.5. The summed E-state index contributed by atoms with van der Waals surface area (Å²) in [6, 6.07) is 1.10. The van der Waals surface area contributed by atoms with E-state index >= 15 is 0 Å². The Hall–Kier alpha value is -2.64. The topological polar surface area (TPSA) is 40.5 Å². The van der Waals surface area contributed by atoms with E-state index in [1.165, 1.54) is 0 Å². The maximum atomic E-state index is 13.8. The first-order valence-electron chi connectivity index (χ1n) is 5.74. The van der Waals surface area contributed by atoms with E-state index in [2.05, 4.69) is 0 Å². The molecule has 0 fully saturated rings. The van der Waals surface area contributed by atoms with E-state index in [0.717, 1.165) is 0 Å². The highest BCUT2D eigenvalue weighted by Gasteiger charge is 2.24. The third kappa shape index (κ3) is 1.63. The van der Waals surface area contributed by atoms with E-state index in [-0.39, 0.29) is 0 Å². The van der Waals surface area contributed by atoms with Crippen LogP contribution in [0.25, 0.3) is 21.5 Å². The van der Waals surface area contributed by atoms with Gasteiger partial charge in [0, 0.05) is 21.5 Å². The number of rotatable bonds is 0. The van der Waals surface area contributed by atoms with Gasteiger partial charge in [-0.3, -0.25) is 0 Å². The molecule has 3 aromatic rings. The minimum absolute atomic E-state index is 0.541. The molecule has 2 nitrogen and oxygen atoms in total. The van der Waals surface area contributed by atoms with Gasteiger partial charge in [-0.2, -0.15) is 4.39 Å². The fourth-order valence-corrected chi connectivity index (χ4v) is 2.22. The first-order valence-corrected chi connectivity index (χ1v) is 5.74. The second-order valence-electron chi connectivity index (χ2n) is 4.52. The molecule has 0 spiro atoms. The van der Waals surface area contributed by atoms with E-state index in [1.807, 2.05) is 0 Å². The molecule has 8 heteroatoms. The molecule has 0 bridgehead atoms. The van der Waals surface area contributed by atoms with Gasteiger partial charge >= 0.3 is 0 Å². The van der Waals surface area contributed by atoms with E-state index in [4.69, 9.17) is 5.11 Å². The molecule has 0 saturated heterocycles. The minimum Gasteiger partial charge on any atom is -0.504 e. The van der Waals surface area contributed by atoms with Gasteiger partial charge in [-0.1, -0.05) is 0 Å². The Bertz CT molecular complexity index is 815. The van der Waals surface area contributed by atoms with Crippen molar-refractivity contribution >= 4 is 21.5 Å². The van der Waals surface area contributed by atoms with Crippen LogP contribution in [0.3, 0.4) is 0 Å². The highest BCUT2D eigenvalue weighted by molar-refractivity contribution is 6.02. The number of benzene rings is 3. The molecule has 0 unspecified atom stereocenters. The molecule has 0 amide bonds. The van der Waals surface area contributed by atoms with Crippen molar-refractivity contribution < 1.29 is 36.6 Å². The third-order valence-corrected chi connectivity index (χ3v) is 3.32. The molecule has 0 aromatic heterocycles. The number of halogens is 6. The molecular weight excluding hydrogens is 314 g/mol. The number of phenolic OH excluding ortho intramolecular Hbond substituents is 2. The van der Waals surface area contributed by atoms with Gasteiger partial charge in [0.25, 0.3) is 0 Å². The van der Waals surface area contributed by atoms with Crippen molar-refractivity contribution in [3.63, 3.8) is 0 Å². The maximum Gasteiger partial charge on any atom is 0.210 e. The first-order chi connectivity index (χ1) is 10.3. The average Bonchev–Trinajstić information content (AvgIpc) is 2.52. The van der Waals surface area contributed by atoms with Gasteiger partial charge in [0.05, 0.1) is 0 Å². The van der Waals surface area contributed by atoms with Crippen LogP contribution >= 0.6 is 0 Å². The zero-order valence-corrected chi connectivity index (χ0v) is 10.3. The molecule has 22 heavy (non-hydrogen) atoms. The largest absolute Gasteiger partial charge is 0.504 e. The molecule has 114 valence electrons. The summed E-state index contributed by atoms with van der Waals surface area (Å²) >= 11 is 0. The van der Waals surface area contributed by atoms with Crippen molar-refractivity contribution in [1.82, 2.24) is 0 Å². The summed E-state index contributed by atoms with van der Waals surface area (Å²) < 4.78 is 81.0. The number of aromatic hydroxyl groups is 2. The van der Waals surface area contributed by atoms with Crippen LogP contribution in [-0.4, -0.2) is 10.2 Å². The van der Waals surface area contributed by atoms with Crippen LogP contribution in [-0.2, 0) is 0 Å². The Morgan fingerprint density at radius 1 is 0.455 bits per heavy atom. The van der Waals surface area contributed by atoms with Crippen molar-refractivity contribution in [3.05, 3.63) is 47.0 Å². The summed E-state index contributed by atoms with van der Waals surface area (Å²) in [5.41, 5.74) is 0. The first kappa shape index (κ1) is 14.3. The molecule has 0 radical (unpaired) electrons. The molecule has 0 saturated carbocycles. The van der Waals surface area contributed by atoms with Crippen LogP contribution in [0.2, 0.25) is 0 Å². The highest BCUT2D eigenvalue weighted by Crippen LogP contribution is 2.40. The SMILES string of the molecule is Oc1c(F)c(O)c2cc3c(F)c(F)c(F)c(F)c3cc2c1F. The third-order valence-electron chi connectivity index (χ3n) is 3.32. The molecule has 0 aliphatic rings. The number of hydrogen-bond acceptors (Lipinski definition) is 2. The van der Waals surface area contributed by atoms with Gasteiger partial charge in [-0.25, -0.2) is 22.0 Å². The number of phenols is 2. The van der Waals surface area contributed by atoms with Crippen molar-refractivity contribution in [2.45, 2.75) is 0 Å². The van der Waals surface area contributed by atoms with Crippen molar-refractivity contribution in [1.29, 1.82) is 0 Å². The monoisotopic (exact) mass is 318 g/mol. The van der Waals surface area contributed by atoms with Gasteiger partial charge < -0.3 is 10.2 Å². The quantitative estimate of drug-likeness (QED) is 0.282.